The van der Waals surface area contributed by atoms with Gasteiger partial charge in [0.05, 0.1) is 7.11 Å². The summed E-state index contributed by atoms with van der Waals surface area (Å²) in [6.45, 7) is 10.6. The van der Waals surface area contributed by atoms with E-state index in [0.29, 0.717) is 24.7 Å². The Bertz CT molecular complexity index is 428. The molecule has 0 unspecified atom stereocenters. The molecule has 112 valence electrons. The van der Waals surface area contributed by atoms with Gasteiger partial charge in [-0.25, -0.2) is 0 Å². The molecule has 0 saturated carbocycles. The van der Waals surface area contributed by atoms with Gasteiger partial charge in [0.1, 0.15) is 5.75 Å². The summed E-state index contributed by atoms with van der Waals surface area (Å²) in [7, 11) is -1.05. The number of benzene rings is 1. The number of ether oxygens (including phenoxy) is 1. The van der Waals surface area contributed by atoms with Gasteiger partial charge in [-0.15, -0.1) is 6.58 Å². The minimum absolute atomic E-state index is 0.555. The first-order valence-corrected chi connectivity index (χ1v) is 9.05. The predicted octanol–water partition coefficient (Wildman–Crippen LogP) is 3.44. The molecule has 0 aliphatic carbocycles. The average Bonchev–Trinajstić information content (AvgIpc) is 2.41. The summed E-state index contributed by atoms with van der Waals surface area (Å²) in [5, 5.41) is 0. The first-order chi connectivity index (χ1) is 9.58. The molecular weight excluding hydrogens is 272 g/mol. The lowest BCUT2D eigenvalue weighted by molar-refractivity contribution is 0.122. The van der Waals surface area contributed by atoms with Gasteiger partial charge in [-0.2, -0.15) is 0 Å². The molecule has 0 aliphatic rings. The first kappa shape index (κ1) is 16.8. The second-order valence-electron chi connectivity index (χ2n) is 4.31. The van der Waals surface area contributed by atoms with E-state index in [1.165, 1.54) is 0 Å². The fourth-order valence-corrected chi connectivity index (χ4v) is 3.73. The van der Waals surface area contributed by atoms with Gasteiger partial charge in [-0.05, 0) is 38.0 Å². The summed E-state index contributed by atoms with van der Waals surface area (Å²) in [5.74, 6) is 1.33. The fourth-order valence-electron chi connectivity index (χ4n) is 1.91. The Morgan fingerprint density at radius 2 is 1.80 bits per heavy atom. The van der Waals surface area contributed by atoms with Crippen LogP contribution in [0.25, 0.3) is 0 Å². The molecule has 1 aromatic rings. The predicted molar refractivity (Wildman–Crippen MR) is 82.4 cm³/mol. The minimum atomic E-state index is -2.67. The van der Waals surface area contributed by atoms with Gasteiger partial charge in [-0.3, -0.25) is 0 Å². The van der Waals surface area contributed by atoms with Crippen molar-refractivity contribution in [3.05, 3.63) is 36.4 Å². The van der Waals surface area contributed by atoms with E-state index in [-0.39, 0.29) is 0 Å². The van der Waals surface area contributed by atoms with Gasteiger partial charge in [-0.1, -0.05) is 12.1 Å². The van der Waals surface area contributed by atoms with Gasteiger partial charge >= 0.3 is 8.80 Å². The Morgan fingerprint density at radius 3 is 2.30 bits per heavy atom. The molecule has 0 spiro atoms. The lowest BCUT2D eigenvalue weighted by Gasteiger charge is -2.26. The van der Waals surface area contributed by atoms with Crippen molar-refractivity contribution in [2.75, 3.05) is 20.3 Å². The van der Waals surface area contributed by atoms with Crippen LogP contribution in [-0.4, -0.2) is 29.1 Å². The van der Waals surface area contributed by atoms with Crippen molar-refractivity contribution in [3.63, 3.8) is 0 Å². The molecule has 0 aliphatic heterocycles. The molecule has 0 aromatic heterocycles. The van der Waals surface area contributed by atoms with E-state index in [1.54, 1.807) is 7.11 Å². The highest BCUT2D eigenvalue weighted by molar-refractivity contribution is 6.60. The van der Waals surface area contributed by atoms with Gasteiger partial charge < -0.3 is 18.0 Å². The second kappa shape index (κ2) is 8.09. The van der Waals surface area contributed by atoms with Crippen LogP contribution in [-0.2, 0) is 15.3 Å². The summed E-state index contributed by atoms with van der Waals surface area (Å²) < 4.78 is 22.7. The number of allylic oxidation sites excluding steroid dienone is 1. The van der Waals surface area contributed by atoms with E-state index >= 15 is 0 Å². The minimum Gasteiger partial charge on any atom is -0.497 e. The first-order valence-electron chi connectivity index (χ1n) is 6.83. The summed E-state index contributed by atoms with van der Waals surface area (Å²) in [4.78, 5) is 0. The molecule has 0 fully saturated rings. The molecule has 0 heterocycles. The van der Waals surface area contributed by atoms with Crippen molar-refractivity contribution in [3.8, 4) is 11.5 Å². The zero-order chi connectivity index (χ0) is 15.0. The molecule has 0 amide bonds. The van der Waals surface area contributed by atoms with Crippen LogP contribution >= 0.6 is 0 Å². The fraction of sp³-hybridized carbons (Fsp3) is 0.467. The summed E-state index contributed by atoms with van der Waals surface area (Å²) in [5.41, 5.74) is 1.13. The van der Waals surface area contributed by atoms with Crippen LogP contribution in [0.1, 0.15) is 19.4 Å². The highest BCUT2D eigenvalue weighted by Gasteiger charge is 2.37. The van der Waals surface area contributed by atoms with Gasteiger partial charge in [0.2, 0.25) is 0 Å². The number of hydrogen-bond acceptors (Lipinski definition) is 4. The normalized spacial score (nSPS) is 11.2. The standard InChI is InChI=1S/C15H24O4Si/c1-6-9-13-10-11-14(15(12-13)16-4)19-20(5,17-7-2)18-8-3/h6,10-12H,1,7-9H2,2-5H3. The van der Waals surface area contributed by atoms with Crippen molar-refractivity contribution in [1.29, 1.82) is 0 Å². The van der Waals surface area contributed by atoms with Gasteiger partial charge in [0, 0.05) is 19.8 Å². The molecule has 0 atom stereocenters. The Kier molecular flexibility index (Phi) is 6.77. The van der Waals surface area contributed by atoms with Gasteiger partial charge in [0.15, 0.2) is 5.75 Å². The third-order valence-electron chi connectivity index (χ3n) is 2.72. The topological polar surface area (TPSA) is 36.9 Å². The van der Waals surface area contributed by atoms with Crippen molar-refractivity contribution in [2.45, 2.75) is 26.8 Å². The van der Waals surface area contributed by atoms with Crippen molar-refractivity contribution >= 4 is 8.80 Å². The highest BCUT2D eigenvalue weighted by Crippen LogP contribution is 2.31. The van der Waals surface area contributed by atoms with Crippen molar-refractivity contribution < 1.29 is 18.0 Å². The molecule has 20 heavy (non-hydrogen) atoms. The Balaban J connectivity index is 2.96. The Hall–Kier alpha value is -1.30. The molecule has 4 nitrogen and oxygen atoms in total. The zero-order valence-corrected chi connectivity index (χ0v) is 13.8. The van der Waals surface area contributed by atoms with Gasteiger partial charge in [0.25, 0.3) is 0 Å². The van der Waals surface area contributed by atoms with Crippen LogP contribution in [0.4, 0.5) is 0 Å². The zero-order valence-electron chi connectivity index (χ0n) is 12.8. The number of hydrogen-bond donors (Lipinski definition) is 0. The molecule has 5 heteroatoms. The van der Waals surface area contributed by atoms with E-state index in [0.717, 1.165) is 12.0 Å². The molecule has 0 bridgehead atoms. The van der Waals surface area contributed by atoms with E-state index in [4.69, 9.17) is 18.0 Å². The number of rotatable bonds is 9. The highest BCUT2D eigenvalue weighted by atomic mass is 28.4. The lowest BCUT2D eigenvalue weighted by atomic mass is 10.1. The molecular formula is C15H24O4Si. The molecule has 0 radical (unpaired) electrons. The molecule has 0 N–H and O–H groups in total. The Labute approximate surface area is 122 Å². The van der Waals surface area contributed by atoms with Crippen molar-refractivity contribution in [1.82, 2.24) is 0 Å². The maximum absolute atomic E-state index is 5.98. The molecule has 1 aromatic carbocycles. The van der Waals surface area contributed by atoms with Crippen LogP contribution in [0, 0.1) is 0 Å². The monoisotopic (exact) mass is 296 g/mol. The van der Waals surface area contributed by atoms with E-state index in [2.05, 4.69) is 6.58 Å². The van der Waals surface area contributed by atoms with Crippen LogP contribution < -0.4 is 9.16 Å². The van der Waals surface area contributed by atoms with Crippen LogP contribution in [0.15, 0.2) is 30.9 Å². The SMILES string of the molecule is C=CCc1ccc(O[Si](C)(OCC)OCC)c(OC)c1. The van der Waals surface area contributed by atoms with Crippen LogP contribution in [0.5, 0.6) is 11.5 Å². The smallest absolute Gasteiger partial charge is 0.497 e. The van der Waals surface area contributed by atoms with Crippen LogP contribution in [0.3, 0.4) is 0 Å². The summed E-state index contributed by atoms with van der Waals surface area (Å²) in [6, 6.07) is 5.83. The van der Waals surface area contributed by atoms with Crippen LogP contribution in [0.2, 0.25) is 6.55 Å². The largest absolute Gasteiger partial charge is 0.562 e. The second-order valence-corrected chi connectivity index (χ2v) is 6.81. The van der Waals surface area contributed by atoms with Crippen molar-refractivity contribution in [2.24, 2.45) is 0 Å². The quantitative estimate of drug-likeness (QED) is 0.517. The van der Waals surface area contributed by atoms with E-state index in [1.807, 2.05) is 44.7 Å². The maximum atomic E-state index is 5.98. The van der Waals surface area contributed by atoms with E-state index < -0.39 is 8.80 Å². The Morgan fingerprint density at radius 1 is 1.15 bits per heavy atom. The molecule has 0 saturated heterocycles. The van der Waals surface area contributed by atoms with E-state index in [9.17, 15) is 0 Å². The molecule has 1 rings (SSSR count). The summed E-state index contributed by atoms with van der Waals surface area (Å²) >= 11 is 0. The lowest BCUT2D eigenvalue weighted by Crippen LogP contribution is -2.45. The average molecular weight is 296 g/mol. The maximum Gasteiger partial charge on any atom is 0.562 e. The number of methoxy groups -OCH3 is 1. The summed E-state index contributed by atoms with van der Waals surface area (Å²) in [6.07, 6.45) is 2.65. The third-order valence-corrected chi connectivity index (χ3v) is 4.93. The third kappa shape index (κ3) is 4.66.